The third kappa shape index (κ3) is 3.90. The van der Waals surface area contributed by atoms with Crippen LogP contribution in [0.15, 0.2) is 21.4 Å². The number of hydrogen-bond acceptors (Lipinski definition) is 4. The van der Waals surface area contributed by atoms with Gasteiger partial charge in [-0.25, -0.2) is 4.68 Å². The van der Waals surface area contributed by atoms with Crippen LogP contribution in [0.5, 0.6) is 0 Å². The van der Waals surface area contributed by atoms with Gasteiger partial charge in [0.1, 0.15) is 0 Å². The maximum atomic E-state index is 5.46. The molecule has 2 rings (SSSR count). The van der Waals surface area contributed by atoms with Gasteiger partial charge in [-0.1, -0.05) is 5.21 Å². The fraction of sp³-hybridized carbons (Fsp3) is 0.455. The van der Waals surface area contributed by atoms with Gasteiger partial charge in [-0.2, -0.15) is 0 Å². The third-order valence-electron chi connectivity index (χ3n) is 2.44. The molecule has 2 aromatic rings. The van der Waals surface area contributed by atoms with Crippen molar-refractivity contribution in [2.24, 2.45) is 5.73 Å². The van der Waals surface area contributed by atoms with E-state index in [-0.39, 0.29) is 0 Å². The molecule has 0 aromatic carbocycles. The van der Waals surface area contributed by atoms with E-state index in [4.69, 9.17) is 5.73 Å². The lowest BCUT2D eigenvalue weighted by molar-refractivity contribution is 0.649. The second-order valence-electron chi connectivity index (χ2n) is 3.91. The average Bonchev–Trinajstić information content (AvgIpc) is 2.90. The fourth-order valence-electron chi connectivity index (χ4n) is 1.60. The van der Waals surface area contributed by atoms with Crippen LogP contribution in [0.2, 0.25) is 0 Å². The summed E-state index contributed by atoms with van der Waals surface area (Å²) in [6.07, 6.45) is 5.11. The molecule has 92 valence electrons. The molecule has 0 aliphatic carbocycles. The van der Waals surface area contributed by atoms with Gasteiger partial charge in [-0.05, 0) is 58.7 Å². The molecule has 0 amide bonds. The van der Waals surface area contributed by atoms with Gasteiger partial charge < -0.3 is 5.73 Å². The standard InChI is InChI=1S/C11H15BrN4S/c12-11-5-9(8-17-11)6-16-7-10(14-15-16)3-1-2-4-13/h5,7-8H,1-4,6,13H2. The molecule has 0 saturated heterocycles. The predicted octanol–water partition coefficient (Wildman–Crippen LogP) is 2.43. The minimum atomic E-state index is 0.747. The van der Waals surface area contributed by atoms with E-state index in [1.807, 2.05) is 10.9 Å². The number of nitrogens with two attached hydrogens (primary N) is 1. The number of thiophene rings is 1. The molecule has 0 atom stereocenters. The van der Waals surface area contributed by atoms with E-state index in [0.29, 0.717) is 0 Å². The molecule has 0 bridgehead atoms. The Balaban J connectivity index is 1.89. The van der Waals surface area contributed by atoms with E-state index in [9.17, 15) is 0 Å². The summed E-state index contributed by atoms with van der Waals surface area (Å²) in [5.74, 6) is 0. The van der Waals surface area contributed by atoms with Crippen LogP contribution in [0.3, 0.4) is 0 Å². The minimum Gasteiger partial charge on any atom is -0.330 e. The lowest BCUT2D eigenvalue weighted by atomic mass is 10.2. The Bertz CT molecular complexity index is 465. The van der Waals surface area contributed by atoms with Gasteiger partial charge in [0.15, 0.2) is 0 Å². The molecule has 0 unspecified atom stereocenters. The summed E-state index contributed by atoms with van der Waals surface area (Å²) in [6.45, 7) is 1.53. The molecule has 2 heterocycles. The van der Waals surface area contributed by atoms with Crippen LogP contribution < -0.4 is 5.73 Å². The summed E-state index contributed by atoms with van der Waals surface area (Å²) in [4.78, 5) is 0. The van der Waals surface area contributed by atoms with Crippen LogP contribution >= 0.6 is 27.3 Å². The number of rotatable bonds is 6. The summed E-state index contributed by atoms with van der Waals surface area (Å²) in [7, 11) is 0. The summed E-state index contributed by atoms with van der Waals surface area (Å²) < 4.78 is 3.03. The molecular formula is C11H15BrN4S. The maximum Gasteiger partial charge on any atom is 0.0827 e. The van der Waals surface area contributed by atoms with E-state index < -0.39 is 0 Å². The first-order valence-corrected chi connectivity index (χ1v) is 7.27. The molecule has 17 heavy (non-hydrogen) atoms. The van der Waals surface area contributed by atoms with Crippen LogP contribution in [0.25, 0.3) is 0 Å². The highest BCUT2D eigenvalue weighted by Gasteiger charge is 2.03. The topological polar surface area (TPSA) is 56.7 Å². The van der Waals surface area contributed by atoms with E-state index in [1.165, 1.54) is 5.56 Å². The van der Waals surface area contributed by atoms with Crippen molar-refractivity contribution < 1.29 is 0 Å². The molecule has 0 saturated carbocycles. The van der Waals surface area contributed by atoms with Crippen LogP contribution in [0, 0.1) is 0 Å². The SMILES string of the molecule is NCCCCc1cn(Cc2csc(Br)c2)nn1. The summed E-state index contributed by atoms with van der Waals surface area (Å²) in [5.41, 5.74) is 7.76. The monoisotopic (exact) mass is 314 g/mol. The molecular weight excluding hydrogens is 300 g/mol. The highest BCUT2D eigenvalue weighted by molar-refractivity contribution is 9.11. The highest BCUT2D eigenvalue weighted by atomic mass is 79.9. The summed E-state index contributed by atoms with van der Waals surface area (Å²) in [6, 6.07) is 2.11. The molecule has 4 nitrogen and oxygen atoms in total. The zero-order valence-corrected chi connectivity index (χ0v) is 11.9. The molecule has 0 fully saturated rings. The Morgan fingerprint density at radius 2 is 2.29 bits per heavy atom. The summed E-state index contributed by atoms with van der Waals surface area (Å²) >= 11 is 5.14. The quantitative estimate of drug-likeness (QED) is 0.833. The van der Waals surface area contributed by atoms with Crippen LogP contribution in [-0.2, 0) is 13.0 Å². The average molecular weight is 315 g/mol. The van der Waals surface area contributed by atoms with Crippen molar-refractivity contribution in [1.29, 1.82) is 0 Å². The second-order valence-corrected chi connectivity index (χ2v) is 6.20. The number of halogens is 1. The number of aromatic nitrogens is 3. The van der Waals surface area contributed by atoms with Gasteiger partial charge >= 0.3 is 0 Å². The van der Waals surface area contributed by atoms with Gasteiger partial charge in [0, 0.05) is 6.20 Å². The normalized spacial score (nSPS) is 10.9. The molecule has 2 aromatic heterocycles. The Kier molecular flexibility index (Phi) is 4.70. The van der Waals surface area contributed by atoms with Crippen molar-refractivity contribution in [1.82, 2.24) is 15.0 Å². The summed E-state index contributed by atoms with van der Waals surface area (Å²) in [5, 5.41) is 10.4. The van der Waals surface area contributed by atoms with Crippen molar-refractivity contribution in [2.45, 2.75) is 25.8 Å². The van der Waals surface area contributed by atoms with Crippen LogP contribution in [-0.4, -0.2) is 21.5 Å². The first-order valence-electron chi connectivity index (χ1n) is 5.60. The smallest absolute Gasteiger partial charge is 0.0827 e. The first kappa shape index (κ1) is 12.7. The molecule has 0 aliphatic rings. The molecule has 6 heteroatoms. The van der Waals surface area contributed by atoms with Gasteiger partial charge in [0.25, 0.3) is 0 Å². The van der Waals surface area contributed by atoms with E-state index in [2.05, 4.69) is 37.7 Å². The molecule has 0 aliphatic heterocycles. The lowest BCUT2D eigenvalue weighted by Crippen LogP contribution is -1.99. The number of unbranched alkanes of at least 4 members (excludes halogenated alkanes) is 1. The number of nitrogens with zero attached hydrogens (tertiary/aromatic N) is 3. The zero-order valence-electron chi connectivity index (χ0n) is 9.47. The van der Waals surface area contributed by atoms with Crippen molar-refractivity contribution in [3.63, 3.8) is 0 Å². The Hall–Kier alpha value is -0.720. The van der Waals surface area contributed by atoms with Crippen molar-refractivity contribution in [2.75, 3.05) is 6.54 Å². The van der Waals surface area contributed by atoms with Gasteiger partial charge in [0.05, 0.1) is 16.0 Å². The van der Waals surface area contributed by atoms with Crippen molar-refractivity contribution in [3.8, 4) is 0 Å². The molecule has 0 radical (unpaired) electrons. The Morgan fingerprint density at radius 3 is 3.00 bits per heavy atom. The third-order valence-corrected chi connectivity index (χ3v) is 3.99. The van der Waals surface area contributed by atoms with E-state index in [0.717, 1.165) is 41.8 Å². The van der Waals surface area contributed by atoms with E-state index in [1.54, 1.807) is 11.3 Å². The number of aryl methyl sites for hydroxylation is 1. The van der Waals surface area contributed by atoms with Gasteiger partial charge in [-0.15, -0.1) is 16.4 Å². The van der Waals surface area contributed by atoms with Gasteiger partial charge in [-0.3, -0.25) is 0 Å². The largest absolute Gasteiger partial charge is 0.330 e. The number of hydrogen-bond donors (Lipinski definition) is 1. The van der Waals surface area contributed by atoms with Crippen molar-refractivity contribution in [3.05, 3.63) is 32.7 Å². The van der Waals surface area contributed by atoms with Crippen molar-refractivity contribution >= 4 is 27.3 Å². The second kappa shape index (κ2) is 6.28. The molecule has 2 N–H and O–H groups in total. The predicted molar refractivity (Wildman–Crippen MR) is 73.1 cm³/mol. The maximum absolute atomic E-state index is 5.46. The van der Waals surface area contributed by atoms with E-state index >= 15 is 0 Å². The Morgan fingerprint density at radius 1 is 1.41 bits per heavy atom. The van der Waals surface area contributed by atoms with Crippen LogP contribution in [0.4, 0.5) is 0 Å². The Labute approximate surface area is 113 Å². The first-order chi connectivity index (χ1) is 8.28. The fourth-order valence-corrected chi connectivity index (χ4v) is 2.80. The van der Waals surface area contributed by atoms with Gasteiger partial charge in [0.2, 0.25) is 0 Å². The molecule has 0 spiro atoms. The van der Waals surface area contributed by atoms with Crippen LogP contribution in [0.1, 0.15) is 24.1 Å². The highest BCUT2D eigenvalue weighted by Crippen LogP contribution is 2.21. The lowest BCUT2D eigenvalue weighted by Gasteiger charge is -1.96. The zero-order chi connectivity index (χ0) is 12.1. The minimum absolute atomic E-state index is 0.747.